The molecule has 122 valence electrons. The molecule has 4 nitrogen and oxygen atoms in total. The molecule has 0 unspecified atom stereocenters. The van der Waals surface area contributed by atoms with Crippen molar-refractivity contribution < 1.29 is 14.2 Å². The van der Waals surface area contributed by atoms with E-state index in [1.807, 2.05) is 60.7 Å². The first-order valence-electron chi connectivity index (χ1n) is 7.63. The van der Waals surface area contributed by atoms with E-state index in [-0.39, 0.29) is 0 Å². The number of methoxy groups -OCH3 is 1. The lowest BCUT2D eigenvalue weighted by molar-refractivity contribution is 0.304. The predicted molar refractivity (Wildman–Crippen MR) is 94.7 cm³/mol. The van der Waals surface area contributed by atoms with Gasteiger partial charge in [-0.1, -0.05) is 42.5 Å². The minimum Gasteiger partial charge on any atom is -0.494 e. The monoisotopic (exact) mass is 321 g/mol. The van der Waals surface area contributed by atoms with Crippen LogP contribution in [0.3, 0.4) is 0 Å². The Bertz CT molecular complexity index is 803. The number of hydrogen-bond acceptors (Lipinski definition) is 4. The molecule has 3 rings (SSSR count). The second kappa shape index (κ2) is 7.42. The van der Waals surface area contributed by atoms with Gasteiger partial charge in [0.2, 0.25) is 0 Å². The molecule has 0 saturated carbocycles. The van der Waals surface area contributed by atoms with Gasteiger partial charge >= 0.3 is 0 Å². The van der Waals surface area contributed by atoms with Crippen LogP contribution in [0.25, 0.3) is 0 Å². The lowest BCUT2D eigenvalue weighted by Crippen LogP contribution is -1.97. The maximum absolute atomic E-state index is 6.03. The quantitative estimate of drug-likeness (QED) is 0.672. The Morgan fingerprint density at radius 2 is 1.50 bits per heavy atom. The third kappa shape index (κ3) is 3.79. The van der Waals surface area contributed by atoms with Gasteiger partial charge in [0.05, 0.1) is 7.11 Å². The van der Waals surface area contributed by atoms with Crippen LogP contribution < -0.4 is 19.9 Å². The molecule has 2 N–H and O–H groups in total. The van der Waals surface area contributed by atoms with Gasteiger partial charge in [0.25, 0.3) is 0 Å². The molecule has 3 aromatic carbocycles. The third-order valence-corrected chi connectivity index (χ3v) is 3.53. The van der Waals surface area contributed by atoms with Crippen molar-refractivity contribution in [2.75, 3.05) is 12.8 Å². The van der Waals surface area contributed by atoms with E-state index in [0.29, 0.717) is 29.5 Å². The molecule has 0 aliphatic rings. The number of anilines is 1. The van der Waals surface area contributed by atoms with Gasteiger partial charge in [-0.25, -0.2) is 0 Å². The van der Waals surface area contributed by atoms with Crippen molar-refractivity contribution in [3.63, 3.8) is 0 Å². The Morgan fingerprint density at radius 3 is 2.29 bits per heavy atom. The third-order valence-electron chi connectivity index (χ3n) is 3.53. The molecule has 0 fully saturated rings. The van der Waals surface area contributed by atoms with Crippen molar-refractivity contribution in [3.8, 4) is 23.0 Å². The molecule has 0 saturated heterocycles. The molecule has 24 heavy (non-hydrogen) atoms. The van der Waals surface area contributed by atoms with Crippen molar-refractivity contribution in [3.05, 3.63) is 78.4 Å². The second-order valence-corrected chi connectivity index (χ2v) is 5.22. The van der Waals surface area contributed by atoms with E-state index < -0.39 is 0 Å². The molecule has 3 aromatic rings. The highest BCUT2D eigenvalue weighted by atomic mass is 16.5. The fourth-order valence-electron chi connectivity index (χ4n) is 2.29. The number of para-hydroxylation sites is 1. The van der Waals surface area contributed by atoms with Crippen LogP contribution in [0.15, 0.2) is 72.8 Å². The normalized spacial score (nSPS) is 10.2. The lowest BCUT2D eigenvalue weighted by atomic mass is 10.2. The summed E-state index contributed by atoms with van der Waals surface area (Å²) in [5, 5.41) is 0. The van der Waals surface area contributed by atoms with Crippen molar-refractivity contribution >= 4 is 5.69 Å². The molecule has 0 spiro atoms. The Morgan fingerprint density at radius 1 is 0.792 bits per heavy atom. The highest BCUT2D eigenvalue weighted by Gasteiger charge is 2.08. The molecule has 4 heteroatoms. The van der Waals surface area contributed by atoms with Crippen molar-refractivity contribution in [2.24, 2.45) is 0 Å². The zero-order chi connectivity index (χ0) is 16.8. The number of ether oxygens (including phenoxy) is 3. The summed E-state index contributed by atoms with van der Waals surface area (Å²) in [6, 6.07) is 22.9. The maximum Gasteiger partial charge on any atom is 0.154 e. The highest BCUT2D eigenvalue weighted by Crippen LogP contribution is 2.35. The molecule has 0 amide bonds. The molecule has 0 radical (unpaired) electrons. The largest absolute Gasteiger partial charge is 0.494 e. The molecule has 0 heterocycles. The van der Waals surface area contributed by atoms with Crippen molar-refractivity contribution in [2.45, 2.75) is 6.61 Å². The van der Waals surface area contributed by atoms with Crippen LogP contribution in [0.4, 0.5) is 5.69 Å². The van der Waals surface area contributed by atoms with Gasteiger partial charge < -0.3 is 19.9 Å². The average molecular weight is 321 g/mol. The van der Waals surface area contributed by atoms with Gasteiger partial charge in [-0.05, 0) is 29.8 Å². The minimum atomic E-state index is 0.468. The van der Waals surface area contributed by atoms with Crippen LogP contribution in [0.2, 0.25) is 0 Å². The molecule has 0 aliphatic carbocycles. The van der Waals surface area contributed by atoms with Crippen LogP contribution in [-0.2, 0) is 6.61 Å². The van der Waals surface area contributed by atoms with Crippen LogP contribution in [0.5, 0.6) is 23.0 Å². The number of nitrogens with two attached hydrogens (primary N) is 1. The van der Waals surface area contributed by atoms with Gasteiger partial charge in [-0.3, -0.25) is 0 Å². The minimum absolute atomic E-state index is 0.468. The summed E-state index contributed by atoms with van der Waals surface area (Å²) in [5.74, 6) is 2.52. The van der Waals surface area contributed by atoms with E-state index in [9.17, 15) is 0 Å². The average Bonchev–Trinajstić information content (AvgIpc) is 2.63. The van der Waals surface area contributed by atoms with E-state index in [2.05, 4.69) is 0 Å². The number of rotatable bonds is 6. The van der Waals surface area contributed by atoms with E-state index in [1.54, 1.807) is 19.2 Å². The Kier molecular flexibility index (Phi) is 4.87. The Balaban J connectivity index is 1.71. The standard InChI is InChI=1S/C20H19NO3/c1-22-18-11-6-12-19(20(18)21)24-17-10-5-9-16(13-17)23-14-15-7-3-2-4-8-15/h2-13H,14,21H2,1H3. The maximum atomic E-state index is 6.03. The van der Waals surface area contributed by atoms with Gasteiger partial charge in [0.15, 0.2) is 5.75 Å². The summed E-state index contributed by atoms with van der Waals surface area (Å²) in [4.78, 5) is 0. The molecule has 0 bridgehead atoms. The molecule has 0 aromatic heterocycles. The number of nitrogen functional groups attached to an aromatic ring is 1. The summed E-state index contributed by atoms with van der Waals surface area (Å²) in [5.41, 5.74) is 7.61. The van der Waals surface area contributed by atoms with Gasteiger partial charge in [0, 0.05) is 6.07 Å². The smallest absolute Gasteiger partial charge is 0.154 e. The summed E-state index contributed by atoms with van der Waals surface area (Å²) in [6.07, 6.45) is 0. The van der Waals surface area contributed by atoms with E-state index in [4.69, 9.17) is 19.9 Å². The first kappa shape index (κ1) is 15.7. The summed E-state index contributed by atoms with van der Waals surface area (Å²) < 4.78 is 16.9. The van der Waals surface area contributed by atoms with Crippen LogP contribution in [0.1, 0.15) is 5.56 Å². The topological polar surface area (TPSA) is 53.7 Å². The van der Waals surface area contributed by atoms with Crippen molar-refractivity contribution in [1.82, 2.24) is 0 Å². The van der Waals surface area contributed by atoms with Gasteiger partial charge in [-0.2, -0.15) is 0 Å². The highest BCUT2D eigenvalue weighted by molar-refractivity contribution is 5.63. The van der Waals surface area contributed by atoms with Crippen LogP contribution >= 0.6 is 0 Å². The molecular weight excluding hydrogens is 302 g/mol. The second-order valence-electron chi connectivity index (χ2n) is 5.22. The van der Waals surface area contributed by atoms with Gasteiger partial charge in [0.1, 0.15) is 29.5 Å². The lowest BCUT2D eigenvalue weighted by Gasteiger charge is -2.12. The summed E-state index contributed by atoms with van der Waals surface area (Å²) in [7, 11) is 1.58. The first-order valence-corrected chi connectivity index (χ1v) is 7.63. The molecule has 0 aliphatic heterocycles. The van der Waals surface area contributed by atoms with E-state index >= 15 is 0 Å². The Hall–Kier alpha value is -3.14. The van der Waals surface area contributed by atoms with Gasteiger partial charge in [-0.15, -0.1) is 0 Å². The molecule has 0 atom stereocenters. The zero-order valence-electron chi connectivity index (χ0n) is 13.4. The predicted octanol–water partition coefficient (Wildman–Crippen LogP) is 4.65. The van der Waals surface area contributed by atoms with E-state index in [0.717, 1.165) is 11.3 Å². The van der Waals surface area contributed by atoms with Crippen molar-refractivity contribution in [1.29, 1.82) is 0 Å². The number of hydrogen-bond donors (Lipinski definition) is 1. The number of benzene rings is 3. The van der Waals surface area contributed by atoms with E-state index in [1.165, 1.54) is 0 Å². The summed E-state index contributed by atoms with van der Waals surface area (Å²) in [6.45, 7) is 0.506. The zero-order valence-corrected chi connectivity index (χ0v) is 13.4. The SMILES string of the molecule is COc1cccc(Oc2cccc(OCc3ccccc3)c2)c1N. The summed E-state index contributed by atoms with van der Waals surface area (Å²) >= 11 is 0. The fraction of sp³-hybridized carbons (Fsp3) is 0.100. The molecular formula is C20H19NO3. The first-order chi connectivity index (χ1) is 11.8. The Labute approximate surface area is 141 Å². The van der Waals surface area contributed by atoms with Crippen LogP contribution in [-0.4, -0.2) is 7.11 Å². The fourth-order valence-corrected chi connectivity index (χ4v) is 2.29. The van der Waals surface area contributed by atoms with Crippen LogP contribution in [0, 0.1) is 0 Å².